The summed E-state index contributed by atoms with van der Waals surface area (Å²) in [4.78, 5) is 11.9. The van der Waals surface area contributed by atoms with Gasteiger partial charge in [-0.3, -0.25) is 4.79 Å². The summed E-state index contributed by atoms with van der Waals surface area (Å²) < 4.78 is 5.67. The first-order chi connectivity index (χ1) is 9.52. The van der Waals surface area contributed by atoms with Crippen LogP contribution in [-0.2, 0) is 4.79 Å². The molecule has 110 valence electrons. The van der Waals surface area contributed by atoms with Crippen molar-refractivity contribution >= 4 is 5.91 Å². The molecule has 0 bridgehead atoms. The second kappa shape index (κ2) is 6.27. The Labute approximate surface area is 120 Å². The maximum absolute atomic E-state index is 11.9. The number of benzene rings is 1. The van der Waals surface area contributed by atoms with Crippen molar-refractivity contribution in [1.82, 2.24) is 5.32 Å². The molecule has 4 nitrogen and oxygen atoms in total. The Hall–Kier alpha value is -1.55. The van der Waals surface area contributed by atoms with Crippen LogP contribution in [0.4, 0.5) is 0 Å². The maximum atomic E-state index is 11.9. The fourth-order valence-corrected chi connectivity index (χ4v) is 2.37. The Kier molecular flexibility index (Phi) is 4.65. The van der Waals surface area contributed by atoms with Crippen molar-refractivity contribution in [3.05, 3.63) is 29.3 Å². The predicted octanol–water partition coefficient (Wildman–Crippen LogP) is 2.69. The molecule has 1 aromatic carbocycles. The monoisotopic (exact) mass is 276 g/mol. The van der Waals surface area contributed by atoms with Gasteiger partial charge in [0.2, 0.25) is 5.91 Å². The number of carbonyl (C=O) groups is 1. The van der Waals surface area contributed by atoms with Gasteiger partial charge in [0.05, 0.1) is 12.6 Å². The van der Waals surface area contributed by atoms with Gasteiger partial charge in [-0.2, -0.15) is 0 Å². The van der Waals surface area contributed by atoms with Crippen LogP contribution in [0.3, 0.4) is 0 Å². The van der Waals surface area contributed by atoms with Gasteiger partial charge >= 0.3 is 0 Å². The highest BCUT2D eigenvalue weighted by Gasteiger charge is 2.24. The van der Waals surface area contributed by atoms with Gasteiger partial charge in [-0.1, -0.05) is 26.8 Å². The summed E-state index contributed by atoms with van der Waals surface area (Å²) in [5.74, 6) is 0.924. The number of hydrogen-bond donors (Lipinski definition) is 2. The minimum atomic E-state index is -0.0117. The summed E-state index contributed by atoms with van der Waals surface area (Å²) in [7, 11) is 0. The zero-order valence-electron chi connectivity index (χ0n) is 12.5. The number of nitrogens with one attached hydrogen (secondary N) is 1. The van der Waals surface area contributed by atoms with Gasteiger partial charge in [-0.15, -0.1) is 0 Å². The number of amides is 1. The molecule has 20 heavy (non-hydrogen) atoms. The Balaban J connectivity index is 2.26. The van der Waals surface area contributed by atoms with Gasteiger partial charge in [0.15, 0.2) is 0 Å². The molecule has 0 fully saturated rings. The van der Waals surface area contributed by atoms with E-state index in [-0.39, 0.29) is 23.9 Å². The average molecular weight is 276 g/mol. The normalized spacial score (nSPS) is 19.1. The third kappa shape index (κ3) is 3.12. The molecule has 1 aromatic rings. The van der Waals surface area contributed by atoms with E-state index in [9.17, 15) is 4.79 Å². The average Bonchev–Trinajstić information content (AvgIpc) is 2.46. The van der Waals surface area contributed by atoms with E-state index in [1.54, 1.807) is 0 Å². The van der Waals surface area contributed by atoms with Gasteiger partial charge in [0.1, 0.15) is 5.75 Å². The third-order valence-electron chi connectivity index (χ3n) is 3.78. The molecule has 1 amide bonds. The zero-order chi connectivity index (χ0) is 14.7. The first-order valence-corrected chi connectivity index (χ1v) is 7.35. The largest absolute Gasteiger partial charge is 0.493 e. The van der Waals surface area contributed by atoms with Crippen molar-refractivity contribution in [1.29, 1.82) is 0 Å². The first-order valence-electron chi connectivity index (χ1n) is 7.35. The van der Waals surface area contributed by atoms with Crippen LogP contribution in [-0.4, -0.2) is 12.5 Å². The van der Waals surface area contributed by atoms with Gasteiger partial charge < -0.3 is 15.8 Å². The molecule has 0 spiro atoms. The summed E-state index contributed by atoms with van der Waals surface area (Å²) in [5.41, 5.74) is 8.24. The Morgan fingerprint density at radius 3 is 2.90 bits per heavy atom. The van der Waals surface area contributed by atoms with E-state index in [2.05, 4.69) is 18.3 Å². The molecule has 0 saturated heterocycles. The number of carbonyl (C=O) groups excluding carboxylic acids is 1. The molecular formula is C16H24N2O2. The van der Waals surface area contributed by atoms with Crippen molar-refractivity contribution in [3.8, 4) is 5.75 Å². The topological polar surface area (TPSA) is 64.3 Å². The zero-order valence-corrected chi connectivity index (χ0v) is 12.5. The highest BCUT2D eigenvalue weighted by Crippen LogP contribution is 2.34. The van der Waals surface area contributed by atoms with Crippen molar-refractivity contribution in [3.63, 3.8) is 0 Å². The highest BCUT2D eigenvalue weighted by atomic mass is 16.5. The van der Waals surface area contributed by atoms with Crippen LogP contribution in [0, 0.1) is 5.92 Å². The number of fused-ring (bicyclic) bond motifs is 1. The number of ether oxygens (including phenoxy) is 1. The van der Waals surface area contributed by atoms with Crippen molar-refractivity contribution in [2.45, 2.75) is 45.7 Å². The molecule has 1 heterocycles. The molecular weight excluding hydrogens is 252 g/mol. The molecule has 3 N–H and O–H groups in total. The van der Waals surface area contributed by atoms with Crippen molar-refractivity contribution in [2.75, 3.05) is 6.61 Å². The standard InChI is InChI=1S/C16H24N2O2/c1-4-13(17)11-5-6-15-12(9-11)14(7-8-20-15)18-16(19)10(2)3/h5-6,9-10,13-14H,4,7-8,17H2,1-3H3,(H,18,19). The lowest BCUT2D eigenvalue weighted by Gasteiger charge is -2.28. The van der Waals surface area contributed by atoms with Crippen LogP contribution in [0.5, 0.6) is 5.75 Å². The minimum Gasteiger partial charge on any atom is -0.493 e. The van der Waals surface area contributed by atoms with Gasteiger partial charge in [-0.25, -0.2) is 0 Å². The summed E-state index contributed by atoms with van der Waals surface area (Å²) in [6.07, 6.45) is 1.69. The molecule has 4 heteroatoms. The highest BCUT2D eigenvalue weighted by molar-refractivity contribution is 5.78. The minimum absolute atomic E-state index is 0.0117. The van der Waals surface area contributed by atoms with Crippen LogP contribution >= 0.6 is 0 Å². The van der Waals surface area contributed by atoms with E-state index in [4.69, 9.17) is 10.5 Å². The lowest BCUT2D eigenvalue weighted by atomic mass is 9.95. The van der Waals surface area contributed by atoms with E-state index in [1.165, 1.54) is 0 Å². The van der Waals surface area contributed by atoms with Gasteiger partial charge in [0.25, 0.3) is 0 Å². The molecule has 2 unspecified atom stereocenters. The molecule has 0 aromatic heterocycles. The fraction of sp³-hybridized carbons (Fsp3) is 0.562. The van der Waals surface area contributed by atoms with Crippen LogP contribution in [0.2, 0.25) is 0 Å². The Bertz CT molecular complexity index is 485. The second-order valence-electron chi connectivity index (χ2n) is 5.67. The Morgan fingerprint density at radius 1 is 1.50 bits per heavy atom. The Morgan fingerprint density at radius 2 is 2.25 bits per heavy atom. The number of hydrogen-bond acceptors (Lipinski definition) is 3. The molecule has 0 radical (unpaired) electrons. The van der Waals surface area contributed by atoms with Gasteiger partial charge in [0, 0.05) is 23.9 Å². The van der Waals surface area contributed by atoms with Crippen LogP contribution in [0.15, 0.2) is 18.2 Å². The lowest BCUT2D eigenvalue weighted by molar-refractivity contribution is -0.124. The van der Waals surface area contributed by atoms with Crippen LogP contribution < -0.4 is 15.8 Å². The summed E-state index contributed by atoms with van der Waals surface area (Å²) in [6, 6.07) is 6.11. The van der Waals surface area contributed by atoms with E-state index in [1.807, 2.05) is 26.0 Å². The van der Waals surface area contributed by atoms with E-state index < -0.39 is 0 Å². The molecule has 2 rings (SSSR count). The SMILES string of the molecule is CCC(N)c1ccc2c(c1)C(NC(=O)C(C)C)CCO2. The lowest BCUT2D eigenvalue weighted by Crippen LogP contribution is -2.34. The third-order valence-corrected chi connectivity index (χ3v) is 3.78. The smallest absolute Gasteiger partial charge is 0.223 e. The maximum Gasteiger partial charge on any atom is 0.223 e. The molecule has 0 saturated carbocycles. The quantitative estimate of drug-likeness (QED) is 0.888. The summed E-state index contributed by atoms with van der Waals surface area (Å²) in [5, 5.41) is 3.10. The molecule has 1 aliphatic heterocycles. The van der Waals surface area contributed by atoms with Crippen LogP contribution in [0.1, 0.15) is 56.8 Å². The molecule has 0 aliphatic carbocycles. The van der Waals surface area contributed by atoms with Crippen molar-refractivity contribution < 1.29 is 9.53 Å². The molecule has 1 aliphatic rings. The number of nitrogens with two attached hydrogens (primary N) is 1. The molecule has 2 atom stereocenters. The second-order valence-corrected chi connectivity index (χ2v) is 5.67. The van der Waals surface area contributed by atoms with Crippen molar-refractivity contribution in [2.24, 2.45) is 11.7 Å². The summed E-state index contributed by atoms with van der Waals surface area (Å²) in [6.45, 7) is 6.51. The van der Waals surface area contributed by atoms with E-state index in [0.717, 1.165) is 29.7 Å². The fourth-order valence-electron chi connectivity index (χ4n) is 2.37. The summed E-state index contributed by atoms with van der Waals surface area (Å²) >= 11 is 0. The van der Waals surface area contributed by atoms with Crippen LogP contribution in [0.25, 0.3) is 0 Å². The predicted molar refractivity (Wildman–Crippen MR) is 79.5 cm³/mol. The van der Waals surface area contributed by atoms with E-state index >= 15 is 0 Å². The van der Waals surface area contributed by atoms with Gasteiger partial charge in [-0.05, 0) is 24.1 Å². The number of rotatable bonds is 4. The van der Waals surface area contributed by atoms with E-state index in [0.29, 0.717) is 6.61 Å². The first kappa shape index (κ1) is 14.9.